The highest BCUT2D eigenvalue weighted by atomic mass is 32.2. The molecule has 2 unspecified atom stereocenters. The first kappa shape index (κ1) is 30.9. The van der Waals surface area contributed by atoms with Gasteiger partial charge >= 0.3 is 10.8 Å². The summed E-state index contributed by atoms with van der Waals surface area (Å²) in [5.41, 5.74) is 0.897. The van der Waals surface area contributed by atoms with Crippen LogP contribution in [0.25, 0.3) is 0 Å². The van der Waals surface area contributed by atoms with Crippen molar-refractivity contribution in [2.45, 2.75) is 34.6 Å². The number of ether oxygens (including phenoxy) is 1. The van der Waals surface area contributed by atoms with Gasteiger partial charge in [-0.2, -0.15) is 0 Å². The number of fused-ring (bicyclic) bond motifs is 2. The molecule has 0 saturated carbocycles. The highest BCUT2D eigenvalue weighted by Crippen LogP contribution is 2.54. The number of primary sulfonamides is 1. The number of amides is 3. The molecule has 232 valence electrons. The fourth-order valence-corrected chi connectivity index (χ4v) is 9.55. The van der Waals surface area contributed by atoms with Gasteiger partial charge in [0.1, 0.15) is 11.8 Å². The van der Waals surface area contributed by atoms with Gasteiger partial charge in [-0.25, -0.2) is 23.3 Å². The zero-order valence-corrected chi connectivity index (χ0v) is 26.6. The number of thioether (sulfide) groups is 1. The number of aromatic nitrogens is 1. The first-order valence-corrected chi connectivity index (χ1v) is 17.6. The van der Waals surface area contributed by atoms with E-state index >= 15 is 0 Å². The molecule has 16 heteroatoms. The van der Waals surface area contributed by atoms with Crippen LogP contribution in [0.3, 0.4) is 0 Å². The number of imide groups is 1. The summed E-state index contributed by atoms with van der Waals surface area (Å²) in [5, 5.41) is 9.20. The first-order chi connectivity index (χ1) is 21.5. The number of hydrogen-bond donors (Lipinski definition) is 2. The van der Waals surface area contributed by atoms with E-state index in [0.717, 1.165) is 32.9 Å². The van der Waals surface area contributed by atoms with E-state index in [0.29, 0.717) is 21.3 Å². The van der Waals surface area contributed by atoms with Crippen LogP contribution in [0.2, 0.25) is 0 Å². The van der Waals surface area contributed by atoms with Crippen LogP contribution in [-0.2, 0) is 35.7 Å². The standard InChI is InChI=1S/C29H24N4O8S4/c1-2-41-28(37)15-5-9-17(10-6-15)33-25(35)22-21(19-4-3-13-42-19)24-27(43-23(22)26(33)36)32(29(38)44-24)14-20(34)31-16-7-11-18(12-8-16)45(30,39)40/h3-13,21-23H,2,14H2,1H3,(H,31,34)(H2,30,39,40)/t21-,22?,23?/m1/s1. The molecule has 2 aromatic heterocycles. The van der Waals surface area contributed by atoms with E-state index in [9.17, 15) is 32.4 Å². The molecule has 2 aliphatic rings. The lowest BCUT2D eigenvalue weighted by Crippen LogP contribution is -2.32. The van der Waals surface area contributed by atoms with Gasteiger partial charge in [0.2, 0.25) is 27.7 Å². The first-order valence-electron chi connectivity index (χ1n) is 13.5. The number of carbonyl (C=O) groups excluding carboxylic acids is 4. The van der Waals surface area contributed by atoms with Crippen molar-refractivity contribution < 1.29 is 32.3 Å². The van der Waals surface area contributed by atoms with Crippen LogP contribution in [0.15, 0.2) is 80.8 Å². The predicted octanol–water partition coefficient (Wildman–Crippen LogP) is 3.23. The summed E-state index contributed by atoms with van der Waals surface area (Å²) in [5.74, 6) is -3.32. The summed E-state index contributed by atoms with van der Waals surface area (Å²) in [7, 11) is -3.91. The van der Waals surface area contributed by atoms with Gasteiger partial charge in [0.25, 0.3) is 0 Å². The lowest BCUT2D eigenvalue weighted by Gasteiger charge is -2.29. The normalized spacial score (nSPS) is 19.2. The van der Waals surface area contributed by atoms with E-state index in [1.54, 1.807) is 6.92 Å². The van der Waals surface area contributed by atoms with E-state index < -0.39 is 55.7 Å². The Hall–Kier alpha value is -4.09. The maximum absolute atomic E-state index is 14.0. The quantitative estimate of drug-likeness (QED) is 0.209. The highest BCUT2D eigenvalue weighted by Gasteiger charge is 2.57. The van der Waals surface area contributed by atoms with Crippen LogP contribution in [0.5, 0.6) is 0 Å². The van der Waals surface area contributed by atoms with E-state index in [-0.39, 0.29) is 23.6 Å². The third kappa shape index (κ3) is 5.75. The number of rotatable bonds is 8. The van der Waals surface area contributed by atoms with Crippen LogP contribution < -0.4 is 20.2 Å². The summed E-state index contributed by atoms with van der Waals surface area (Å²) in [6.07, 6.45) is 0. The molecule has 3 N–H and O–H groups in total. The van der Waals surface area contributed by atoms with Gasteiger partial charge in [0.15, 0.2) is 0 Å². The molecule has 0 radical (unpaired) electrons. The fraction of sp³-hybridized carbons (Fsp3) is 0.207. The monoisotopic (exact) mass is 684 g/mol. The minimum Gasteiger partial charge on any atom is -0.462 e. The van der Waals surface area contributed by atoms with Crippen molar-refractivity contribution >= 4 is 79.5 Å². The third-order valence-corrected chi connectivity index (χ3v) is 11.8. The molecule has 0 bridgehead atoms. The number of nitrogens with one attached hydrogen (secondary N) is 1. The largest absolute Gasteiger partial charge is 0.462 e. The summed E-state index contributed by atoms with van der Waals surface area (Å²) in [4.78, 5) is 68.2. The molecule has 2 aliphatic heterocycles. The molecular formula is C29H24N4O8S4. The molecule has 2 aromatic carbocycles. The number of thiazole rings is 1. The summed E-state index contributed by atoms with van der Waals surface area (Å²) in [6, 6.07) is 15.0. The summed E-state index contributed by atoms with van der Waals surface area (Å²) >= 11 is 3.43. The van der Waals surface area contributed by atoms with Crippen LogP contribution in [0, 0.1) is 5.92 Å². The lowest BCUT2D eigenvalue weighted by atomic mass is 9.87. The van der Waals surface area contributed by atoms with Gasteiger partial charge < -0.3 is 10.1 Å². The van der Waals surface area contributed by atoms with Gasteiger partial charge in [0.05, 0.1) is 33.7 Å². The van der Waals surface area contributed by atoms with Gasteiger partial charge in [-0.1, -0.05) is 29.2 Å². The van der Waals surface area contributed by atoms with Gasteiger partial charge in [-0.05, 0) is 66.9 Å². The van der Waals surface area contributed by atoms with Crippen molar-refractivity contribution in [1.82, 2.24) is 4.57 Å². The van der Waals surface area contributed by atoms with E-state index in [1.807, 2.05) is 17.5 Å². The minimum atomic E-state index is -3.91. The van der Waals surface area contributed by atoms with Crippen LogP contribution in [-0.4, -0.2) is 48.5 Å². The Morgan fingerprint density at radius 1 is 1.00 bits per heavy atom. The van der Waals surface area contributed by atoms with Crippen LogP contribution in [0.1, 0.15) is 33.0 Å². The highest BCUT2D eigenvalue weighted by molar-refractivity contribution is 8.00. The van der Waals surface area contributed by atoms with E-state index in [4.69, 9.17) is 9.88 Å². The number of sulfonamides is 1. The molecule has 3 amide bonds. The number of benzene rings is 2. The Kier molecular flexibility index (Phi) is 8.26. The van der Waals surface area contributed by atoms with E-state index in [1.165, 1.54) is 64.4 Å². The average molecular weight is 685 g/mol. The Morgan fingerprint density at radius 2 is 1.71 bits per heavy atom. The molecular weight excluding hydrogens is 661 g/mol. The van der Waals surface area contributed by atoms with Gasteiger partial charge in [-0.15, -0.1) is 11.3 Å². The number of anilines is 2. The zero-order valence-electron chi connectivity index (χ0n) is 23.4. The molecule has 3 atom stereocenters. The molecule has 0 spiro atoms. The van der Waals surface area contributed by atoms with Gasteiger partial charge in [0, 0.05) is 21.4 Å². The van der Waals surface area contributed by atoms with Gasteiger partial charge in [-0.3, -0.25) is 23.7 Å². The van der Waals surface area contributed by atoms with E-state index in [2.05, 4.69) is 5.32 Å². The topological polar surface area (TPSA) is 175 Å². The third-order valence-electron chi connectivity index (χ3n) is 7.30. The molecule has 1 fully saturated rings. The van der Waals surface area contributed by atoms with Crippen molar-refractivity contribution in [3.05, 3.63) is 91.0 Å². The molecule has 4 aromatic rings. The number of thiophene rings is 1. The number of hydrogen-bond acceptors (Lipinski definition) is 11. The maximum Gasteiger partial charge on any atom is 0.338 e. The molecule has 45 heavy (non-hydrogen) atoms. The second-order valence-corrected chi connectivity index (χ2v) is 14.7. The number of nitrogens with zero attached hydrogens (tertiary/aromatic N) is 2. The lowest BCUT2D eigenvalue weighted by molar-refractivity contribution is -0.122. The molecule has 12 nitrogen and oxygen atoms in total. The van der Waals surface area contributed by atoms with Crippen molar-refractivity contribution in [3.63, 3.8) is 0 Å². The Bertz CT molecular complexity index is 1980. The number of nitrogens with two attached hydrogens (primary N) is 1. The Morgan fingerprint density at radius 3 is 2.33 bits per heavy atom. The molecule has 0 aliphatic carbocycles. The minimum absolute atomic E-state index is 0.117. The summed E-state index contributed by atoms with van der Waals surface area (Å²) < 4.78 is 29.4. The molecule has 1 saturated heterocycles. The molecule has 6 rings (SSSR count). The second kappa shape index (κ2) is 12.0. The molecule has 4 heterocycles. The van der Waals surface area contributed by atoms with Crippen molar-refractivity contribution in [2.24, 2.45) is 11.1 Å². The number of esters is 1. The average Bonchev–Trinajstić information content (AvgIpc) is 3.70. The number of carbonyl (C=O) groups is 4. The Balaban J connectivity index is 1.31. The Labute approximate surface area is 268 Å². The summed E-state index contributed by atoms with van der Waals surface area (Å²) in [6.45, 7) is 1.53. The van der Waals surface area contributed by atoms with Crippen molar-refractivity contribution in [1.29, 1.82) is 0 Å². The van der Waals surface area contributed by atoms with Crippen molar-refractivity contribution in [2.75, 3.05) is 16.8 Å². The van der Waals surface area contributed by atoms with Crippen molar-refractivity contribution in [3.8, 4) is 0 Å². The zero-order chi connectivity index (χ0) is 32.0. The maximum atomic E-state index is 14.0. The fourth-order valence-electron chi connectivity index (χ4n) is 5.32. The van der Waals surface area contributed by atoms with Crippen LogP contribution >= 0.6 is 34.4 Å². The predicted molar refractivity (Wildman–Crippen MR) is 169 cm³/mol. The SMILES string of the molecule is CCOC(=O)c1ccc(N2C(=O)C3Sc4c(sc(=O)n4CC(=O)Nc4ccc(S(N)(=O)=O)cc4)[C@H](c4cccs4)C3C2=O)cc1. The van der Waals surface area contributed by atoms with Crippen LogP contribution in [0.4, 0.5) is 11.4 Å². The smallest absolute Gasteiger partial charge is 0.338 e. The second-order valence-electron chi connectivity index (χ2n) is 10.1.